The number of anilines is 2. The molecule has 0 radical (unpaired) electrons. The van der Waals surface area contributed by atoms with Gasteiger partial charge in [0.05, 0.1) is 0 Å². The van der Waals surface area contributed by atoms with Gasteiger partial charge in [0, 0.05) is 16.6 Å². The Bertz CT molecular complexity index is 743. The third kappa shape index (κ3) is 4.17. The third-order valence-electron chi connectivity index (χ3n) is 2.92. The quantitative estimate of drug-likeness (QED) is 0.266. The molecule has 0 bridgehead atoms. The number of nitrogens with one attached hydrogen (secondary N) is 2. The molecule has 2 rings (SSSR count). The summed E-state index contributed by atoms with van der Waals surface area (Å²) in [5.74, 6) is 5.14. The SMILES string of the molecule is CSc1nc(NN)c(C(N)=O)c(NCc2ccc(Cl)cc2Cl)n1. The first-order valence-electron chi connectivity index (χ1n) is 6.36. The van der Waals surface area contributed by atoms with Gasteiger partial charge in [-0.1, -0.05) is 41.0 Å². The molecule has 0 saturated heterocycles. The maximum atomic E-state index is 11.7. The van der Waals surface area contributed by atoms with E-state index in [1.807, 2.05) is 0 Å². The summed E-state index contributed by atoms with van der Waals surface area (Å²) in [5, 5.41) is 4.51. The number of nitrogens with zero attached hydrogens (tertiary/aromatic N) is 2. The molecule has 0 atom stereocenters. The van der Waals surface area contributed by atoms with Gasteiger partial charge in [-0.3, -0.25) is 4.79 Å². The van der Waals surface area contributed by atoms with Crippen molar-refractivity contribution in [2.45, 2.75) is 11.7 Å². The van der Waals surface area contributed by atoms with E-state index >= 15 is 0 Å². The molecule has 10 heteroatoms. The molecule has 1 amide bonds. The van der Waals surface area contributed by atoms with Crippen molar-refractivity contribution >= 4 is 52.5 Å². The standard InChI is InChI=1S/C13H14Cl2N6OS/c1-23-13-19-11(9(10(16)22)12(20-13)21-17)18-5-6-2-3-7(14)4-8(6)15/h2-4H,5,17H2,1H3,(H2,16,22)(H2,18,19,20,21). The summed E-state index contributed by atoms with van der Waals surface area (Å²) >= 11 is 13.3. The van der Waals surface area contributed by atoms with Crippen LogP contribution in [0.1, 0.15) is 15.9 Å². The van der Waals surface area contributed by atoms with Gasteiger partial charge in [-0.2, -0.15) is 0 Å². The first kappa shape index (κ1) is 17.6. The average Bonchev–Trinajstić information content (AvgIpc) is 2.52. The van der Waals surface area contributed by atoms with E-state index in [0.717, 1.165) is 5.56 Å². The number of halogens is 2. The monoisotopic (exact) mass is 372 g/mol. The van der Waals surface area contributed by atoms with Crippen LogP contribution in [0.5, 0.6) is 0 Å². The van der Waals surface area contributed by atoms with E-state index in [0.29, 0.717) is 21.7 Å². The first-order valence-corrected chi connectivity index (χ1v) is 8.34. The molecule has 0 saturated carbocycles. The van der Waals surface area contributed by atoms with Crippen molar-refractivity contribution in [3.05, 3.63) is 39.4 Å². The number of carbonyl (C=O) groups is 1. The van der Waals surface area contributed by atoms with Crippen LogP contribution in [-0.4, -0.2) is 22.1 Å². The van der Waals surface area contributed by atoms with Crippen molar-refractivity contribution in [1.82, 2.24) is 9.97 Å². The summed E-state index contributed by atoms with van der Waals surface area (Å²) in [4.78, 5) is 20.0. The summed E-state index contributed by atoms with van der Waals surface area (Å²) in [6.45, 7) is 0.325. The van der Waals surface area contributed by atoms with Gasteiger partial charge in [-0.15, -0.1) is 0 Å². The number of carbonyl (C=O) groups excluding carboxylic acids is 1. The van der Waals surface area contributed by atoms with Gasteiger partial charge in [0.1, 0.15) is 11.4 Å². The lowest BCUT2D eigenvalue weighted by Crippen LogP contribution is -2.22. The molecule has 0 spiro atoms. The molecule has 1 heterocycles. The number of thioether (sulfide) groups is 1. The summed E-state index contributed by atoms with van der Waals surface area (Å²) < 4.78 is 0. The van der Waals surface area contributed by atoms with Crippen LogP contribution in [0.25, 0.3) is 0 Å². The molecule has 23 heavy (non-hydrogen) atoms. The van der Waals surface area contributed by atoms with Crippen molar-refractivity contribution in [3.8, 4) is 0 Å². The van der Waals surface area contributed by atoms with Crippen molar-refractivity contribution in [3.63, 3.8) is 0 Å². The van der Waals surface area contributed by atoms with Gasteiger partial charge in [0.25, 0.3) is 5.91 Å². The zero-order chi connectivity index (χ0) is 17.0. The molecule has 0 aliphatic rings. The average molecular weight is 373 g/mol. The fourth-order valence-corrected chi connectivity index (χ4v) is 2.68. The van der Waals surface area contributed by atoms with Crippen LogP contribution in [-0.2, 0) is 6.54 Å². The Balaban J connectivity index is 2.35. The largest absolute Gasteiger partial charge is 0.365 e. The van der Waals surface area contributed by atoms with Gasteiger partial charge >= 0.3 is 0 Å². The second kappa shape index (κ2) is 7.69. The Morgan fingerprint density at radius 1 is 1.30 bits per heavy atom. The van der Waals surface area contributed by atoms with Crippen LogP contribution in [0, 0.1) is 0 Å². The molecule has 0 aliphatic heterocycles. The number of aromatic nitrogens is 2. The molecule has 0 aliphatic carbocycles. The van der Waals surface area contributed by atoms with Crippen LogP contribution in [0.15, 0.2) is 23.4 Å². The van der Waals surface area contributed by atoms with Crippen molar-refractivity contribution in [2.75, 3.05) is 17.0 Å². The maximum absolute atomic E-state index is 11.7. The number of primary amides is 1. The number of benzene rings is 1. The molecule has 6 N–H and O–H groups in total. The van der Waals surface area contributed by atoms with Gasteiger partial charge in [0.15, 0.2) is 11.0 Å². The molecule has 122 valence electrons. The topological polar surface area (TPSA) is 119 Å². The Hall–Kier alpha value is -1.74. The number of hydrogen-bond donors (Lipinski definition) is 4. The molecular formula is C13H14Cl2N6OS. The minimum absolute atomic E-state index is 0.0791. The molecule has 1 aromatic carbocycles. The van der Waals surface area contributed by atoms with E-state index in [-0.39, 0.29) is 17.2 Å². The Morgan fingerprint density at radius 2 is 2.00 bits per heavy atom. The Kier molecular flexibility index (Phi) is 5.89. The highest BCUT2D eigenvalue weighted by atomic mass is 35.5. The van der Waals surface area contributed by atoms with Crippen molar-refractivity contribution < 1.29 is 4.79 Å². The second-order valence-corrected chi connectivity index (χ2v) is 6.00. The molecule has 1 aromatic heterocycles. The van der Waals surface area contributed by atoms with Gasteiger partial charge < -0.3 is 16.5 Å². The number of nitrogens with two attached hydrogens (primary N) is 2. The smallest absolute Gasteiger partial charge is 0.256 e. The van der Waals surface area contributed by atoms with E-state index in [9.17, 15) is 4.79 Å². The fourth-order valence-electron chi connectivity index (χ4n) is 1.84. The van der Waals surface area contributed by atoms with Crippen LogP contribution in [0.3, 0.4) is 0 Å². The number of amides is 1. The van der Waals surface area contributed by atoms with E-state index in [1.165, 1.54) is 11.8 Å². The molecule has 0 unspecified atom stereocenters. The van der Waals surface area contributed by atoms with Crippen LogP contribution >= 0.6 is 35.0 Å². The van der Waals surface area contributed by atoms with Gasteiger partial charge in [0.2, 0.25) is 0 Å². The highest BCUT2D eigenvalue weighted by molar-refractivity contribution is 7.98. The summed E-state index contributed by atoms with van der Waals surface area (Å²) in [6, 6.07) is 5.13. The predicted octanol–water partition coefficient (Wildman–Crippen LogP) is 2.50. The number of rotatable bonds is 6. The highest BCUT2D eigenvalue weighted by Crippen LogP contribution is 2.26. The van der Waals surface area contributed by atoms with Gasteiger partial charge in [-0.05, 0) is 24.0 Å². The van der Waals surface area contributed by atoms with E-state index in [2.05, 4.69) is 20.7 Å². The summed E-state index contributed by atoms with van der Waals surface area (Å²) in [7, 11) is 0. The summed E-state index contributed by atoms with van der Waals surface area (Å²) in [6.07, 6.45) is 1.80. The fraction of sp³-hybridized carbons (Fsp3) is 0.154. The molecule has 7 nitrogen and oxygen atoms in total. The van der Waals surface area contributed by atoms with Crippen LogP contribution < -0.4 is 22.3 Å². The number of hydrogen-bond acceptors (Lipinski definition) is 7. The lowest BCUT2D eigenvalue weighted by atomic mass is 10.2. The predicted molar refractivity (Wildman–Crippen MR) is 93.9 cm³/mol. The van der Waals surface area contributed by atoms with Crippen LogP contribution in [0.2, 0.25) is 10.0 Å². The van der Waals surface area contributed by atoms with Crippen LogP contribution in [0.4, 0.5) is 11.6 Å². The zero-order valence-corrected chi connectivity index (χ0v) is 14.4. The Morgan fingerprint density at radius 3 is 2.57 bits per heavy atom. The maximum Gasteiger partial charge on any atom is 0.256 e. The Labute approximate surface area is 147 Å². The second-order valence-electron chi connectivity index (χ2n) is 4.38. The highest BCUT2D eigenvalue weighted by Gasteiger charge is 2.18. The van der Waals surface area contributed by atoms with Crippen molar-refractivity contribution in [1.29, 1.82) is 0 Å². The molecule has 0 fully saturated rings. The molecular weight excluding hydrogens is 359 g/mol. The van der Waals surface area contributed by atoms with E-state index < -0.39 is 5.91 Å². The third-order valence-corrected chi connectivity index (χ3v) is 4.05. The number of hydrazine groups is 1. The van der Waals surface area contributed by atoms with Crippen molar-refractivity contribution in [2.24, 2.45) is 11.6 Å². The zero-order valence-electron chi connectivity index (χ0n) is 12.1. The summed E-state index contributed by atoms with van der Waals surface area (Å²) in [5.41, 5.74) is 8.63. The minimum atomic E-state index is -0.699. The lowest BCUT2D eigenvalue weighted by molar-refractivity contribution is 0.100. The normalized spacial score (nSPS) is 10.4. The van der Waals surface area contributed by atoms with Gasteiger partial charge in [-0.25, -0.2) is 15.8 Å². The van der Waals surface area contributed by atoms with E-state index in [4.69, 9.17) is 34.8 Å². The van der Waals surface area contributed by atoms with E-state index in [1.54, 1.807) is 24.5 Å². The lowest BCUT2D eigenvalue weighted by Gasteiger charge is -2.14. The first-order chi connectivity index (χ1) is 11.0. The minimum Gasteiger partial charge on any atom is -0.365 e. The number of nitrogen functional groups attached to an aromatic ring is 1. The molecule has 2 aromatic rings.